The van der Waals surface area contributed by atoms with Crippen LogP contribution in [0.15, 0.2) is 40.7 Å². The fourth-order valence-corrected chi connectivity index (χ4v) is 6.24. The van der Waals surface area contributed by atoms with Crippen molar-refractivity contribution in [3.05, 3.63) is 63.7 Å². The Hall–Kier alpha value is -3.43. The number of anilines is 1. The van der Waals surface area contributed by atoms with Gasteiger partial charge in [0.25, 0.3) is 6.47 Å². The number of alkyl halides is 6. The first-order valence-electron chi connectivity index (χ1n) is 16.5. The van der Waals surface area contributed by atoms with Crippen LogP contribution in [0.5, 0.6) is 0 Å². The third-order valence-electron chi connectivity index (χ3n) is 8.61. The number of nitrogens with one attached hydrogen (secondary N) is 1. The van der Waals surface area contributed by atoms with Crippen molar-refractivity contribution >= 4 is 12.2 Å². The van der Waals surface area contributed by atoms with Crippen LogP contribution in [0.4, 0.5) is 32.0 Å². The van der Waals surface area contributed by atoms with Crippen molar-refractivity contribution in [3.8, 4) is 0 Å². The molecule has 3 aliphatic heterocycles. The summed E-state index contributed by atoms with van der Waals surface area (Å²) in [6, 6.07) is 6.29. The number of carbonyl (C=O) groups excluding carboxylic acids is 1. The lowest BCUT2D eigenvalue weighted by molar-refractivity contribution is -0.143. The van der Waals surface area contributed by atoms with Crippen LogP contribution in [0.1, 0.15) is 66.0 Å². The van der Waals surface area contributed by atoms with Crippen LogP contribution in [0.2, 0.25) is 0 Å². The monoisotopic (exact) mass is 701 g/mol. The number of benzene rings is 2. The Morgan fingerprint density at radius 1 is 0.959 bits per heavy atom. The van der Waals surface area contributed by atoms with E-state index in [9.17, 15) is 31.1 Å². The Labute approximate surface area is 285 Å². The highest BCUT2D eigenvalue weighted by molar-refractivity contribution is 5.61. The average Bonchev–Trinajstić information content (AvgIpc) is 3.36. The third kappa shape index (κ3) is 12.4. The molecule has 0 aromatic heterocycles. The minimum absolute atomic E-state index is 0.102. The minimum Gasteiger partial charge on any atom is -0.468 e. The van der Waals surface area contributed by atoms with Gasteiger partial charge in [-0.25, -0.2) is 5.12 Å². The molecule has 1 unspecified atom stereocenters. The van der Waals surface area contributed by atoms with Gasteiger partial charge >= 0.3 is 12.4 Å². The van der Waals surface area contributed by atoms with Crippen molar-refractivity contribution in [2.24, 2.45) is 16.3 Å². The molecular weight excluding hydrogens is 652 g/mol. The smallest absolute Gasteiger partial charge is 0.416 e. The van der Waals surface area contributed by atoms with Gasteiger partial charge in [-0.3, -0.25) is 9.69 Å². The predicted molar refractivity (Wildman–Crippen MR) is 176 cm³/mol. The Kier molecular flexibility index (Phi) is 14.7. The molecule has 3 aliphatic rings. The quantitative estimate of drug-likeness (QED) is 0.241. The number of hydrogen-bond acceptors (Lipinski definition) is 9. The fraction of sp³-hybridized carbons (Fsp3) is 0.618. The summed E-state index contributed by atoms with van der Waals surface area (Å²) in [4.78, 5) is 15.8. The SMILES string of the molecule is CCOC=O.CN1N=NC(N(C)Cc2cc(C(F)(F)F)cc(C(F)(F)F)c2)N1.Cc1cc(C)c2c(c1)CCCCN2CC1CCN(C)CC1. The van der Waals surface area contributed by atoms with Crippen molar-refractivity contribution in [3.63, 3.8) is 0 Å². The standard InChI is InChI=1S/C19H30N2.C12H13F6N5.C3H6O2/c1-15-12-16(2)19-18(13-15)6-4-5-9-21(19)14-17-7-10-20(3)11-8-17;1-22(10-19-21-23(2)20-10)6-7-3-8(11(13,14)15)5-9(4-7)12(16,17)18;1-2-5-3-4/h12-13,17H,4-11,14H2,1-3H3;3-5,10,20H,6H2,1-2H3;3H,2H2,1H3. The number of likely N-dealkylation sites (tertiary alicyclic amines) is 1. The zero-order chi connectivity index (χ0) is 36.4. The van der Waals surface area contributed by atoms with Gasteiger partial charge in [-0.05, 0) is 121 Å². The number of fused-ring (bicyclic) bond motifs is 1. The molecule has 1 fully saturated rings. The van der Waals surface area contributed by atoms with Gasteiger partial charge < -0.3 is 14.5 Å². The maximum atomic E-state index is 12.8. The van der Waals surface area contributed by atoms with Gasteiger partial charge in [0.15, 0.2) is 6.29 Å². The Morgan fingerprint density at radius 3 is 2.10 bits per heavy atom. The summed E-state index contributed by atoms with van der Waals surface area (Å²) in [5.41, 5.74) is 6.01. The largest absolute Gasteiger partial charge is 0.468 e. The molecule has 0 saturated carbocycles. The first kappa shape index (κ1) is 40.0. The van der Waals surface area contributed by atoms with Crippen LogP contribution in [-0.4, -0.2) is 81.6 Å². The van der Waals surface area contributed by atoms with E-state index in [0.717, 1.165) is 5.92 Å². The third-order valence-corrected chi connectivity index (χ3v) is 8.61. The van der Waals surface area contributed by atoms with E-state index in [1.807, 2.05) is 0 Å². The predicted octanol–water partition coefficient (Wildman–Crippen LogP) is 7.22. The summed E-state index contributed by atoms with van der Waals surface area (Å²) in [5.74, 6) is 0.882. The molecule has 0 amide bonds. The molecule has 3 heterocycles. The topological polar surface area (TPSA) is 76.0 Å². The summed E-state index contributed by atoms with van der Waals surface area (Å²) in [6.07, 6.45) is -3.69. The van der Waals surface area contributed by atoms with Crippen molar-refractivity contribution in [2.45, 2.75) is 78.1 Å². The van der Waals surface area contributed by atoms with E-state index in [-0.39, 0.29) is 18.2 Å². The highest BCUT2D eigenvalue weighted by atomic mass is 19.4. The van der Waals surface area contributed by atoms with Gasteiger partial charge in [-0.15, -0.1) is 5.11 Å². The molecule has 1 N–H and O–H groups in total. The molecule has 1 saturated heterocycles. The van der Waals surface area contributed by atoms with Crippen LogP contribution < -0.4 is 10.3 Å². The summed E-state index contributed by atoms with van der Waals surface area (Å²) >= 11 is 0. The van der Waals surface area contributed by atoms with Gasteiger partial charge in [-0.1, -0.05) is 22.9 Å². The summed E-state index contributed by atoms with van der Waals surface area (Å²) in [5, 5.41) is 8.70. The molecule has 0 bridgehead atoms. The van der Waals surface area contributed by atoms with Gasteiger partial charge in [0.1, 0.15) is 0 Å². The highest BCUT2D eigenvalue weighted by Gasteiger charge is 2.37. The number of ether oxygens (including phenoxy) is 1. The fourth-order valence-electron chi connectivity index (χ4n) is 6.24. The van der Waals surface area contributed by atoms with E-state index in [1.54, 1.807) is 25.2 Å². The molecule has 1 atom stereocenters. The molecule has 0 aliphatic carbocycles. The van der Waals surface area contributed by atoms with Crippen molar-refractivity contribution in [2.75, 3.05) is 58.8 Å². The maximum absolute atomic E-state index is 12.8. The van der Waals surface area contributed by atoms with Crippen LogP contribution in [-0.2, 0) is 34.8 Å². The summed E-state index contributed by atoms with van der Waals surface area (Å²) in [7, 11) is 5.32. The van der Waals surface area contributed by atoms with E-state index < -0.39 is 29.8 Å². The Balaban J connectivity index is 0.000000234. The van der Waals surface area contributed by atoms with E-state index >= 15 is 0 Å². The van der Waals surface area contributed by atoms with Crippen LogP contribution in [0.25, 0.3) is 0 Å². The molecule has 49 heavy (non-hydrogen) atoms. The molecule has 15 heteroatoms. The number of hydrogen-bond donors (Lipinski definition) is 1. The molecule has 0 spiro atoms. The summed E-state index contributed by atoms with van der Waals surface area (Å²) in [6.45, 7) is 12.1. The van der Waals surface area contributed by atoms with Crippen molar-refractivity contribution in [1.29, 1.82) is 0 Å². The molecule has 9 nitrogen and oxygen atoms in total. The van der Waals surface area contributed by atoms with Gasteiger partial charge in [0.05, 0.1) is 17.7 Å². The van der Waals surface area contributed by atoms with E-state index in [0.29, 0.717) is 25.2 Å². The lowest BCUT2D eigenvalue weighted by Gasteiger charge is -2.35. The van der Waals surface area contributed by atoms with Crippen LogP contribution >= 0.6 is 0 Å². The zero-order valence-corrected chi connectivity index (χ0v) is 29.2. The second-order valence-electron chi connectivity index (χ2n) is 12.9. The van der Waals surface area contributed by atoms with Gasteiger partial charge in [0.2, 0.25) is 0 Å². The second kappa shape index (κ2) is 18.0. The molecule has 2 aromatic carbocycles. The lowest BCUT2D eigenvalue weighted by atomic mass is 9.95. The Bertz CT molecular complexity index is 1350. The first-order chi connectivity index (χ1) is 23.0. The van der Waals surface area contributed by atoms with E-state index in [1.165, 1.54) is 86.5 Å². The molecule has 0 radical (unpaired) electrons. The number of piperidine rings is 1. The van der Waals surface area contributed by atoms with Crippen molar-refractivity contribution < 1.29 is 35.9 Å². The normalized spacial score (nSPS) is 18.7. The first-order valence-corrected chi connectivity index (χ1v) is 16.5. The van der Waals surface area contributed by atoms with Crippen LogP contribution in [0.3, 0.4) is 0 Å². The molecule has 274 valence electrons. The van der Waals surface area contributed by atoms with E-state index in [2.05, 4.69) is 63.3 Å². The zero-order valence-electron chi connectivity index (χ0n) is 29.2. The number of carbonyl (C=O) groups is 1. The Morgan fingerprint density at radius 2 is 1.59 bits per heavy atom. The molecule has 2 aromatic rings. The number of aryl methyl sites for hydroxylation is 3. The van der Waals surface area contributed by atoms with Crippen molar-refractivity contribution in [1.82, 2.24) is 20.3 Å². The molecule has 5 rings (SSSR count). The number of hydrazine groups is 1. The number of nitrogens with zero attached hydrogens (tertiary/aromatic N) is 6. The van der Waals surface area contributed by atoms with Crippen LogP contribution in [0, 0.1) is 19.8 Å². The van der Waals surface area contributed by atoms with Gasteiger partial charge in [-0.2, -0.15) is 31.8 Å². The average molecular weight is 702 g/mol. The number of rotatable bonds is 7. The minimum atomic E-state index is -4.86. The summed E-state index contributed by atoms with van der Waals surface area (Å²) < 4.78 is 80.9. The van der Waals surface area contributed by atoms with Gasteiger partial charge in [0, 0.05) is 32.4 Å². The van der Waals surface area contributed by atoms with E-state index in [4.69, 9.17) is 0 Å². The molecular formula is C34H49F6N7O2. The lowest BCUT2D eigenvalue weighted by Crippen LogP contribution is -2.43. The number of halogens is 6. The highest BCUT2D eigenvalue weighted by Crippen LogP contribution is 2.37. The maximum Gasteiger partial charge on any atom is 0.416 e. The second-order valence-corrected chi connectivity index (χ2v) is 12.9.